The average molecular weight is 493 g/mol. The van der Waals surface area contributed by atoms with Crippen LogP contribution in [-0.2, 0) is 24.2 Å². The molecule has 0 radical (unpaired) electrons. The van der Waals surface area contributed by atoms with Crippen LogP contribution in [0, 0.1) is 5.82 Å². The molecule has 34 heavy (non-hydrogen) atoms. The minimum atomic E-state index is -0.532. The number of benzene rings is 2. The van der Waals surface area contributed by atoms with Gasteiger partial charge in [0.05, 0.1) is 0 Å². The third-order valence-electron chi connectivity index (χ3n) is 5.73. The Labute approximate surface area is 206 Å². The Bertz CT molecular complexity index is 1220. The minimum absolute atomic E-state index is 0.0727. The van der Waals surface area contributed by atoms with E-state index < -0.39 is 5.25 Å². The molecule has 8 heteroatoms. The molecule has 0 spiro atoms. The summed E-state index contributed by atoms with van der Waals surface area (Å²) in [5.41, 5.74) is 1.98. The van der Waals surface area contributed by atoms with Gasteiger partial charge in [0, 0.05) is 23.9 Å². The van der Waals surface area contributed by atoms with Crippen LogP contribution >= 0.6 is 23.1 Å². The summed E-state index contributed by atoms with van der Waals surface area (Å²) in [6.07, 6.45) is 3.53. The molecule has 1 aliphatic rings. The normalized spacial score (nSPS) is 14.1. The monoisotopic (exact) mass is 492 g/mol. The van der Waals surface area contributed by atoms with E-state index in [-0.39, 0.29) is 17.8 Å². The van der Waals surface area contributed by atoms with Gasteiger partial charge in [0.25, 0.3) is 0 Å². The van der Waals surface area contributed by atoms with E-state index in [0.717, 1.165) is 30.7 Å². The highest BCUT2D eigenvalue weighted by molar-refractivity contribution is 8.00. The number of aromatic nitrogens is 3. The molecule has 2 aromatic carbocycles. The van der Waals surface area contributed by atoms with Crippen LogP contribution in [0.15, 0.2) is 77.3 Å². The maximum Gasteiger partial charge on any atom is 0.238 e. The van der Waals surface area contributed by atoms with Gasteiger partial charge in [0.2, 0.25) is 5.91 Å². The molecule has 5 rings (SSSR count). The van der Waals surface area contributed by atoms with Gasteiger partial charge >= 0.3 is 0 Å². The number of carbonyl (C=O) groups is 1. The molecule has 0 saturated heterocycles. The first-order chi connectivity index (χ1) is 16.7. The van der Waals surface area contributed by atoms with Crippen LogP contribution in [0.2, 0.25) is 0 Å². The zero-order valence-corrected chi connectivity index (χ0v) is 20.2. The first kappa shape index (κ1) is 22.8. The Morgan fingerprint density at radius 2 is 1.88 bits per heavy atom. The lowest BCUT2D eigenvalue weighted by molar-refractivity contribution is -0.120. The van der Waals surface area contributed by atoms with E-state index in [4.69, 9.17) is 0 Å². The number of hydrogen-bond acceptors (Lipinski definition) is 5. The summed E-state index contributed by atoms with van der Waals surface area (Å²) in [7, 11) is 0. The highest BCUT2D eigenvalue weighted by Gasteiger charge is 2.30. The molecule has 1 aliphatic carbocycles. The van der Waals surface area contributed by atoms with Crippen LogP contribution in [0.4, 0.5) is 4.39 Å². The van der Waals surface area contributed by atoms with Gasteiger partial charge < -0.3 is 9.88 Å². The van der Waals surface area contributed by atoms with Crippen molar-refractivity contribution >= 4 is 29.0 Å². The second kappa shape index (κ2) is 10.5. The highest BCUT2D eigenvalue weighted by Crippen LogP contribution is 2.36. The van der Waals surface area contributed by atoms with Crippen molar-refractivity contribution in [2.75, 3.05) is 0 Å². The summed E-state index contributed by atoms with van der Waals surface area (Å²) in [4.78, 5) is 14.4. The number of rotatable bonds is 10. The van der Waals surface area contributed by atoms with Crippen molar-refractivity contribution in [1.82, 2.24) is 20.1 Å². The minimum Gasteiger partial charge on any atom is -0.352 e. The zero-order valence-electron chi connectivity index (χ0n) is 18.6. The van der Waals surface area contributed by atoms with Crippen LogP contribution in [0.25, 0.3) is 0 Å². The van der Waals surface area contributed by atoms with E-state index in [9.17, 15) is 9.18 Å². The van der Waals surface area contributed by atoms with Crippen molar-refractivity contribution in [1.29, 1.82) is 0 Å². The third-order valence-corrected chi connectivity index (χ3v) is 7.84. The predicted octanol–water partition coefficient (Wildman–Crippen LogP) is 5.42. The lowest BCUT2D eigenvalue weighted by Gasteiger charge is -2.17. The number of thiophene rings is 1. The van der Waals surface area contributed by atoms with Crippen molar-refractivity contribution in [2.45, 2.75) is 48.7 Å². The maximum absolute atomic E-state index is 13.6. The van der Waals surface area contributed by atoms with Crippen molar-refractivity contribution in [3.8, 4) is 0 Å². The van der Waals surface area contributed by atoms with Crippen LogP contribution < -0.4 is 5.32 Å². The summed E-state index contributed by atoms with van der Waals surface area (Å²) in [6.45, 7) is 0.709. The van der Waals surface area contributed by atoms with E-state index >= 15 is 0 Å². The molecule has 2 aromatic heterocycles. The Balaban J connectivity index is 1.43. The molecule has 0 aliphatic heterocycles. The van der Waals surface area contributed by atoms with E-state index in [1.165, 1.54) is 34.3 Å². The fourth-order valence-electron chi connectivity index (χ4n) is 3.74. The molecular weight excluding hydrogens is 467 g/mol. The smallest absolute Gasteiger partial charge is 0.238 e. The number of aryl methyl sites for hydroxylation is 1. The number of halogens is 1. The average Bonchev–Trinajstić information content (AvgIpc) is 3.36. The molecule has 0 bridgehead atoms. The Hall–Kier alpha value is -2.97. The van der Waals surface area contributed by atoms with Crippen molar-refractivity contribution < 1.29 is 9.18 Å². The van der Waals surface area contributed by atoms with E-state index in [1.807, 2.05) is 24.3 Å². The number of nitrogens with one attached hydrogen (secondary N) is 1. The van der Waals surface area contributed by atoms with Gasteiger partial charge in [0.1, 0.15) is 16.9 Å². The lowest BCUT2D eigenvalue weighted by atomic mass is 10.1. The molecule has 2 heterocycles. The topological polar surface area (TPSA) is 59.8 Å². The molecule has 1 fully saturated rings. The predicted molar refractivity (Wildman–Crippen MR) is 133 cm³/mol. The van der Waals surface area contributed by atoms with Crippen molar-refractivity contribution in [3.05, 3.63) is 99.8 Å². The molecule has 1 amide bonds. The zero-order chi connectivity index (χ0) is 23.3. The first-order valence-corrected chi connectivity index (χ1v) is 13.1. The number of nitrogens with zero attached hydrogens (tertiary/aromatic N) is 3. The molecule has 5 nitrogen and oxygen atoms in total. The molecule has 1 N–H and O–H groups in total. The molecular formula is C26H25FN4OS2. The van der Waals surface area contributed by atoms with E-state index in [1.54, 1.807) is 23.5 Å². The van der Waals surface area contributed by atoms with Crippen LogP contribution in [-0.4, -0.2) is 26.7 Å². The largest absolute Gasteiger partial charge is 0.352 e. The number of hydrogen-bond donors (Lipinski definition) is 1. The fourth-order valence-corrected chi connectivity index (χ4v) is 5.53. The third kappa shape index (κ3) is 5.74. The Kier molecular flexibility index (Phi) is 7.06. The molecule has 4 aromatic rings. The van der Waals surface area contributed by atoms with E-state index in [0.29, 0.717) is 18.1 Å². The molecule has 1 atom stereocenters. The summed E-state index contributed by atoms with van der Waals surface area (Å²) in [5, 5.41) is 14.3. The second-order valence-electron chi connectivity index (χ2n) is 8.37. The summed E-state index contributed by atoms with van der Waals surface area (Å²) in [5.74, 6) is 0.484. The van der Waals surface area contributed by atoms with Gasteiger partial charge in [-0.25, -0.2) is 4.39 Å². The molecule has 1 saturated carbocycles. The summed E-state index contributed by atoms with van der Waals surface area (Å²) in [6, 6.07) is 20.8. The van der Waals surface area contributed by atoms with Gasteiger partial charge in [-0.15, -0.1) is 21.5 Å². The fraction of sp³-hybridized carbons (Fsp3) is 0.269. The lowest BCUT2D eigenvalue weighted by Crippen LogP contribution is -2.30. The molecule has 174 valence electrons. The number of thioether (sulfide) groups is 1. The molecule has 1 unspecified atom stereocenters. The van der Waals surface area contributed by atoms with Gasteiger partial charge in [0.15, 0.2) is 5.16 Å². The number of carbonyl (C=O) groups excluding carboxylic acids is 1. The van der Waals surface area contributed by atoms with Crippen LogP contribution in [0.5, 0.6) is 0 Å². The van der Waals surface area contributed by atoms with Crippen LogP contribution in [0.3, 0.4) is 0 Å². The van der Waals surface area contributed by atoms with Gasteiger partial charge in [-0.1, -0.05) is 60.3 Å². The second-order valence-corrected chi connectivity index (χ2v) is 10.5. The maximum atomic E-state index is 13.6. The SMILES string of the molecule is O=C(NC1CC1)C(Sc1nnc(Cc2cccs2)n1CCc1ccccc1)c1ccc(F)cc1. The summed E-state index contributed by atoms with van der Waals surface area (Å²) < 4.78 is 15.7. The van der Waals surface area contributed by atoms with Gasteiger partial charge in [-0.3, -0.25) is 4.79 Å². The Morgan fingerprint density at radius 3 is 2.59 bits per heavy atom. The summed E-state index contributed by atoms with van der Waals surface area (Å²) >= 11 is 3.07. The van der Waals surface area contributed by atoms with Gasteiger partial charge in [-0.2, -0.15) is 0 Å². The first-order valence-electron chi connectivity index (χ1n) is 11.4. The van der Waals surface area contributed by atoms with Gasteiger partial charge in [-0.05, 0) is 54.0 Å². The highest BCUT2D eigenvalue weighted by atomic mass is 32.2. The van der Waals surface area contributed by atoms with E-state index in [2.05, 4.69) is 43.7 Å². The van der Waals surface area contributed by atoms with Crippen molar-refractivity contribution in [3.63, 3.8) is 0 Å². The van der Waals surface area contributed by atoms with Crippen LogP contribution in [0.1, 0.15) is 39.9 Å². The standard InChI is InChI=1S/C26H25FN4OS2/c27-20-10-8-19(9-11-20)24(25(32)28-21-12-13-21)34-26-30-29-23(17-22-7-4-16-33-22)31(26)15-14-18-5-2-1-3-6-18/h1-11,16,21,24H,12-15,17H2,(H,28,32). The quantitative estimate of drug-likeness (QED) is 0.300. The Morgan fingerprint density at radius 1 is 1.09 bits per heavy atom. The number of amides is 1. The van der Waals surface area contributed by atoms with Crippen molar-refractivity contribution in [2.24, 2.45) is 0 Å².